The van der Waals surface area contributed by atoms with E-state index in [0.717, 1.165) is 13.0 Å². The second-order valence-electron chi connectivity index (χ2n) is 6.69. The first-order chi connectivity index (χ1) is 12.8. The van der Waals surface area contributed by atoms with Gasteiger partial charge in [-0.25, -0.2) is 12.8 Å². The zero-order valence-corrected chi connectivity index (χ0v) is 15.7. The molecule has 3 N–H and O–H groups in total. The fourth-order valence-corrected chi connectivity index (χ4v) is 4.08. The van der Waals surface area contributed by atoms with Gasteiger partial charge in [-0.2, -0.15) is 0 Å². The van der Waals surface area contributed by atoms with Crippen LogP contribution in [-0.4, -0.2) is 33.5 Å². The van der Waals surface area contributed by atoms with Crippen LogP contribution >= 0.6 is 0 Å². The molecule has 1 aliphatic heterocycles. The lowest BCUT2D eigenvalue weighted by Gasteiger charge is -2.30. The van der Waals surface area contributed by atoms with Crippen LogP contribution in [0.2, 0.25) is 0 Å². The largest absolute Gasteiger partial charge is 0.348 e. The van der Waals surface area contributed by atoms with Crippen LogP contribution in [0.15, 0.2) is 53.4 Å². The summed E-state index contributed by atoms with van der Waals surface area (Å²) in [5.41, 5.74) is 0.517. The Morgan fingerprint density at radius 3 is 2.63 bits per heavy atom. The highest BCUT2D eigenvalue weighted by Gasteiger charge is 2.24. The highest BCUT2D eigenvalue weighted by atomic mass is 32.2. The fourth-order valence-electron chi connectivity index (χ4n) is 2.97. The first-order valence-electron chi connectivity index (χ1n) is 8.75. The molecule has 8 heteroatoms. The third-order valence-electron chi connectivity index (χ3n) is 4.65. The molecule has 1 fully saturated rings. The number of rotatable bonds is 5. The van der Waals surface area contributed by atoms with E-state index in [-0.39, 0.29) is 28.1 Å². The van der Waals surface area contributed by atoms with Gasteiger partial charge >= 0.3 is 0 Å². The van der Waals surface area contributed by atoms with Crippen molar-refractivity contribution in [1.29, 1.82) is 0 Å². The number of hydrogen-bond donors (Lipinski definition) is 3. The van der Waals surface area contributed by atoms with Gasteiger partial charge in [-0.3, -0.25) is 9.52 Å². The maximum absolute atomic E-state index is 13.0. The van der Waals surface area contributed by atoms with Crippen LogP contribution in [0.4, 0.5) is 10.1 Å². The van der Waals surface area contributed by atoms with E-state index in [0.29, 0.717) is 12.5 Å². The molecule has 2 atom stereocenters. The molecule has 3 rings (SSSR count). The Hall–Kier alpha value is -2.45. The molecule has 0 spiro atoms. The van der Waals surface area contributed by atoms with Gasteiger partial charge in [0.25, 0.3) is 15.9 Å². The minimum absolute atomic E-state index is 0.00357. The van der Waals surface area contributed by atoms with Crippen LogP contribution in [-0.2, 0) is 10.0 Å². The van der Waals surface area contributed by atoms with Gasteiger partial charge in [-0.15, -0.1) is 0 Å². The minimum atomic E-state index is -3.89. The molecule has 0 aromatic heterocycles. The third-order valence-corrected chi connectivity index (χ3v) is 6.03. The Morgan fingerprint density at radius 2 is 1.93 bits per heavy atom. The zero-order valence-electron chi connectivity index (χ0n) is 14.9. The first kappa shape index (κ1) is 19.3. The van der Waals surface area contributed by atoms with Crippen molar-refractivity contribution in [3.8, 4) is 0 Å². The van der Waals surface area contributed by atoms with Gasteiger partial charge in [-0.05, 0) is 61.3 Å². The Morgan fingerprint density at radius 1 is 1.19 bits per heavy atom. The Balaban J connectivity index is 1.75. The maximum Gasteiger partial charge on any atom is 0.261 e. The van der Waals surface area contributed by atoms with Crippen LogP contribution in [0, 0.1) is 11.7 Å². The van der Waals surface area contributed by atoms with E-state index in [4.69, 9.17) is 0 Å². The quantitative estimate of drug-likeness (QED) is 0.730. The van der Waals surface area contributed by atoms with Gasteiger partial charge in [0.1, 0.15) is 5.82 Å². The van der Waals surface area contributed by atoms with Crippen molar-refractivity contribution < 1.29 is 17.6 Å². The smallest absolute Gasteiger partial charge is 0.261 e. The van der Waals surface area contributed by atoms with Gasteiger partial charge in [-0.1, -0.05) is 13.0 Å². The van der Waals surface area contributed by atoms with Crippen molar-refractivity contribution in [3.63, 3.8) is 0 Å². The maximum atomic E-state index is 13.0. The standard InChI is InChI=1S/C19H22FN3O3S/c1-13-9-10-21-12-18(13)22-19(24)14-3-2-4-17(11-14)27(25,26)23-16-7-5-15(20)6-8-16/h2-8,11,13,18,21,23H,9-10,12H2,1H3,(H,22,24). The van der Waals surface area contributed by atoms with E-state index in [2.05, 4.69) is 22.3 Å². The number of amides is 1. The van der Waals surface area contributed by atoms with Crippen LogP contribution in [0.3, 0.4) is 0 Å². The summed E-state index contributed by atoms with van der Waals surface area (Å²) in [5.74, 6) is -0.417. The molecule has 2 aromatic rings. The summed E-state index contributed by atoms with van der Waals surface area (Å²) in [6.45, 7) is 3.70. The Kier molecular flexibility index (Phi) is 5.76. The van der Waals surface area contributed by atoms with Crippen molar-refractivity contribution >= 4 is 21.6 Å². The van der Waals surface area contributed by atoms with Crippen molar-refractivity contribution in [1.82, 2.24) is 10.6 Å². The lowest BCUT2D eigenvalue weighted by molar-refractivity contribution is 0.0915. The molecular formula is C19H22FN3O3S. The number of benzene rings is 2. The molecule has 1 aliphatic rings. The van der Waals surface area contributed by atoms with E-state index >= 15 is 0 Å². The van der Waals surface area contributed by atoms with E-state index in [1.54, 1.807) is 6.07 Å². The number of piperidine rings is 1. The summed E-state index contributed by atoms with van der Waals surface area (Å²) in [4.78, 5) is 12.5. The molecule has 144 valence electrons. The Labute approximate surface area is 158 Å². The molecule has 1 saturated heterocycles. The van der Waals surface area contributed by atoms with Gasteiger partial charge in [0.15, 0.2) is 0 Å². The molecule has 27 heavy (non-hydrogen) atoms. The third kappa shape index (κ3) is 4.84. The van der Waals surface area contributed by atoms with E-state index in [1.165, 1.54) is 42.5 Å². The van der Waals surface area contributed by atoms with Gasteiger partial charge < -0.3 is 10.6 Å². The Bertz CT molecular complexity index is 916. The summed E-state index contributed by atoms with van der Waals surface area (Å²) in [6, 6.07) is 10.9. The molecule has 1 heterocycles. The number of nitrogens with one attached hydrogen (secondary N) is 3. The van der Waals surface area contributed by atoms with Crippen molar-refractivity contribution in [2.75, 3.05) is 17.8 Å². The van der Waals surface area contributed by atoms with Crippen LogP contribution in [0.5, 0.6) is 0 Å². The van der Waals surface area contributed by atoms with Crippen LogP contribution in [0.25, 0.3) is 0 Å². The SMILES string of the molecule is CC1CCNCC1NC(=O)c1cccc(S(=O)(=O)Nc2ccc(F)cc2)c1. The lowest BCUT2D eigenvalue weighted by Crippen LogP contribution is -2.50. The van der Waals surface area contributed by atoms with Crippen LogP contribution in [0.1, 0.15) is 23.7 Å². The second-order valence-corrected chi connectivity index (χ2v) is 8.37. The minimum Gasteiger partial charge on any atom is -0.348 e. The molecule has 0 radical (unpaired) electrons. The predicted molar refractivity (Wildman–Crippen MR) is 102 cm³/mol. The first-order valence-corrected chi connectivity index (χ1v) is 10.2. The van der Waals surface area contributed by atoms with Gasteiger partial charge in [0.05, 0.1) is 4.90 Å². The summed E-state index contributed by atoms with van der Waals surface area (Å²) in [5, 5.41) is 6.20. The summed E-state index contributed by atoms with van der Waals surface area (Å²) >= 11 is 0. The molecule has 0 bridgehead atoms. The summed E-state index contributed by atoms with van der Waals surface area (Å²) in [7, 11) is -3.89. The topological polar surface area (TPSA) is 87.3 Å². The number of hydrogen-bond acceptors (Lipinski definition) is 4. The predicted octanol–water partition coefficient (Wildman–Crippen LogP) is 2.35. The normalized spacial score (nSPS) is 20.1. The highest BCUT2D eigenvalue weighted by molar-refractivity contribution is 7.92. The fraction of sp³-hybridized carbons (Fsp3) is 0.316. The van der Waals surface area contributed by atoms with Crippen molar-refractivity contribution in [3.05, 3.63) is 59.9 Å². The van der Waals surface area contributed by atoms with Crippen molar-refractivity contribution in [2.45, 2.75) is 24.3 Å². The number of anilines is 1. The average Bonchev–Trinajstić information content (AvgIpc) is 2.65. The number of halogens is 1. The average molecular weight is 391 g/mol. The number of sulfonamides is 1. The van der Waals surface area contributed by atoms with E-state index in [1.807, 2.05) is 0 Å². The van der Waals surface area contributed by atoms with Gasteiger partial charge in [0.2, 0.25) is 0 Å². The highest BCUT2D eigenvalue weighted by Crippen LogP contribution is 2.18. The molecule has 0 saturated carbocycles. The summed E-state index contributed by atoms with van der Waals surface area (Å²) in [6.07, 6.45) is 0.973. The van der Waals surface area contributed by atoms with E-state index < -0.39 is 15.8 Å². The molecule has 2 unspecified atom stereocenters. The monoisotopic (exact) mass is 391 g/mol. The molecule has 2 aromatic carbocycles. The molecule has 0 aliphatic carbocycles. The lowest BCUT2D eigenvalue weighted by atomic mass is 9.94. The van der Waals surface area contributed by atoms with Gasteiger partial charge in [0, 0.05) is 23.8 Å². The number of carbonyl (C=O) groups excluding carboxylic acids is 1. The zero-order chi connectivity index (χ0) is 19.4. The van der Waals surface area contributed by atoms with Crippen LogP contribution < -0.4 is 15.4 Å². The van der Waals surface area contributed by atoms with Crippen molar-refractivity contribution in [2.24, 2.45) is 5.92 Å². The molecular weight excluding hydrogens is 369 g/mol. The molecule has 1 amide bonds. The number of carbonyl (C=O) groups is 1. The second kappa shape index (κ2) is 8.06. The molecule has 6 nitrogen and oxygen atoms in total. The summed E-state index contributed by atoms with van der Waals surface area (Å²) < 4.78 is 40.5. The van der Waals surface area contributed by atoms with E-state index in [9.17, 15) is 17.6 Å².